The highest BCUT2D eigenvalue weighted by atomic mass is 16.2. The van der Waals surface area contributed by atoms with Gasteiger partial charge in [0.2, 0.25) is 11.8 Å². The summed E-state index contributed by atoms with van der Waals surface area (Å²) in [4.78, 5) is 34.5. The van der Waals surface area contributed by atoms with Crippen molar-refractivity contribution in [2.24, 2.45) is 11.5 Å². The lowest BCUT2D eigenvalue weighted by atomic mass is 10.1. The van der Waals surface area contributed by atoms with Gasteiger partial charge < -0.3 is 16.8 Å². The minimum Gasteiger partial charge on any atom is -0.367 e. The Morgan fingerprint density at radius 2 is 1.82 bits per heavy atom. The van der Waals surface area contributed by atoms with Crippen LogP contribution in [0.3, 0.4) is 0 Å². The lowest BCUT2D eigenvalue weighted by Crippen LogP contribution is -2.52. The number of aromatic nitrogens is 2. The van der Waals surface area contributed by atoms with Crippen molar-refractivity contribution >= 4 is 17.7 Å². The van der Waals surface area contributed by atoms with E-state index >= 15 is 0 Å². The highest BCUT2D eigenvalue weighted by molar-refractivity contribution is 6.07. The summed E-state index contributed by atoms with van der Waals surface area (Å²) in [7, 11) is 0. The number of rotatable bonds is 5. The molecule has 0 aromatic carbocycles. The van der Waals surface area contributed by atoms with E-state index < -0.39 is 23.8 Å². The lowest BCUT2D eigenvalue weighted by Gasteiger charge is -2.22. The number of amides is 3. The summed E-state index contributed by atoms with van der Waals surface area (Å²) in [5.74, 6) is -2.25. The average Bonchev–Trinajstić information content (AvgIpc) is 3.11. The minimum absolute atomic E-state index is 0.143. The smallest absolute Gasteiger partial charge is 0.272 e. The van der Waals surface area contributed by atoms with Crippen molar-refractivity contribution < 1.29 is 14.4 Å². The molecule has 5 N–H and O–H groups in total. The molecule has 1 saturated carbocycles. The highest BCUT2D eigenvalue weighted by Crippen LogP contribution is 2.41. The molecule has 0 aliphatic heterocycles. The van der Waals surface area contributed by atoms with Crippen LogP contribution in [0.15, 0.2) is 6.07 Å². The van der Waals surface area contributed by atoms with Gasteiger partial charge in [-0.25, -0.2) is 0 Å². The van der Waals surface area contributed by atoms with Gasteiger partial charge in [0.05, 0.1) is 5.54 Å². The van der Waals surface area contributed by atoms with Crippen molar-refractivity contribution in [1.29, 1.82) is 0 Å². The Hall–Kier alpha value is -2.38. The number of hydrogen-bond donors (Lipinski definition) is 3. The number of nitrogens with two attached hydrogens (primary N) is 2. The summed E-state index contributed by atoms with van der Waals surface area (Å²) in [5.41, 5.74) is 10.9. The van der Waals surface area contributed by atoms with E-state index in [1.807, 2.05) is 25.5 Å². The molecule has 8 heteroatoms. The predicted octanol–water partition coefficient (Wildman–Crippen LogP) is -0.415. The third kappa shape index (κ3) is 3.26. The molecule has 1 aliphatic rings. The summed E-state index contributed by atoms with van der Waals surface area (Å²) >= 11 is 0. The van der Waals surface area contributed by atoms with Crippen LogP contribution in [-0.2, 0) is 15.1 Å². The molecule has 1 fully saturated rings. The maximum absolute atomic E-state index is 12.2. The Morgan fingerprint density at radius 3 is 2.23 bits per heavy atom. The summed E-state index contributed by atoms with van der Waals surface area (Å²) < 4.78 is 1.81. The predicted molar refractivity (Wildman–Crippen MR) is 78.8 cm³/mol. The van der Waals surface area contributed by atoms with Crippen LogP contribution in [0.1, 0.15) is 55.7 Å². The van der Waals surface area contributed by atoms with Gasteiger partial charge in [0.1, 0.15) is 0 Å². The molecular formula is C14H21N5O3. The number of carbonyl (C=O) groups is 3. The first kappa shape index (κ1) is 16.0. The molecule has 1 heterocycles. The molecule has 120 valence electrons. The monoisotopic (exact) mass is 307 g/mol. The van der Waals surface area contributed by atoms with E-state index in [9.17, 15) is 14.4 Å². The molecule has 2 rings (SSSR count). The second-order valence-corrected chi connectivity index (χ2v) is 6.52. The second-order valence-electron chi connectivity index (χ2n) is 6.52. The molecule has 22 heavy (non-hydrogen) atoms. The van der Waals surface area contributed by atoms with Crippen LogP contribution in [0, 0.1) is 0 Å². The standard InChI is InChI=1S/C14H21N5O3/c1-14(2,3)19-9(7-4-5-7)6-8(18-19)13(22)17-10(11(15)20)12(16)21/h6-7,10H,4-5H2,1-3H3,(H2,15,20)(H2,16,21)(H,17,22). The average molecular weight is 307 g/mol. The number of hydrogen-bond acceptors (Lipinski definition) is 4. The van der Waals surface area contributed by atoms with Crippen LogP contribution in [-0.4, -0.2) is 33.5 Å². The van der Waals surface area contributed by atoms with Crippen LogP contribution in [0.25, 0.3) is 0 Å². The highest BCUT2D eigenvalue weighted by Gasteiger charge is 2.33. The third-order valence-corrected chi connectivity index (χ3v) is 3.45. The van der Waals surface area contributed by atoms with Crippen molar-refractivity contribution in [2.45, 2.75) is 51.1 Å². The summed E-state index contributed by atoms with van der Waals surface area (Å²) in [6, 6.07) is 0.147. The van der Waals surface area contributed by atoms with Gasteiger partial charge in [-0.15, -0.1) is 0 Å². The van der Waals surface area contributed by atoms with Gasteiger partial charge in [-0.1, -0.05) is 0 Å². The fourth-order valence-corrected chi connectivity index (χ4v) is 2.20. The number of nitrogens with one attached hydrogen (secondary N) is 1. The number of primary amides is 2. The molecule has 0 radical (unpaired) electrons. The zero-order valence-electron chi connectivity index (χ0n) is 12.9. The third-order valence-electron chi connectivity index (χ3n) is 3.45. The molecule has 8 nitrogen and oxygen atoms in total. The van der Waals surface area contributed by atoms with Gasteiger partial charge in [-0.05, 0) is 39.7 Å². The summed E-state index contributed by atoms with van der Waals surface area (Å²) in [5, 5.41) is 6.53. The SMILES string of the molecule is CC(C)(C)n1nc(C(=O)NC(C(N)=O)C(N)=O)cc1C1CC1. The van der Waals surface area contributed by atoms with Crippen LogP contribution < -0.4 is 16.8 Å². The van der Waals surface area contributed by atoms with Crippen molar-refractivity contribution in [1.82, 2.24) is 15.1 Å². The molecule has 3 amide bonds. The topological polar surface area (TPSA) is 133 Å². The van der Waals surface area contributed by atoms with Crippen LogP contribution in [0.2, 0.25) is 0 Å². The van der Waals surface area contributed by atoms with E-state index in [0.717, 1.165) is 18.5 Å². The van der Waals surface area contributed by atoms with Crippen LogP contribution in [0.5, 0.6) is 0 Å². The molecule has 0 bridgehead atoms. The molecule has 1 aromatic heterocycles. The fraction of sp³-hybridized carbons (Fsp3) is 0.571. The normalized spacial score (nSPS) is 14.9. The maximum atomic E-state index is 12.2. The van der Waals surface area contributed by atoms with E-state index in [0.29, 0.717) is 5.92 Å². The number of carbonyl (C=O) groups excluding carboxylic acids is 3. The van der Waals surface area contributed by atoms with Gasteiger partial charge in [-0.3, -0.25) is 19.1 Å². The minimum atomic E-state index is -1.54. The quantitative estimate of drug-likeness (QED) is 0.637. The van der Waals surface area contributed by atoms with E-state index in [1.54, 1.807) is 6.07 Å². The Bertz CT molecular complexity index is 611. The van der Waals surface area contributed by atoms with Crippen molar-refractivity contribution in [3.63, 3.8) is 0 Å². The van der Waals surface area contributed by atoms with E-state index in [4.69, 9.17) is 11.5 Å². The van der Waals surface area contributed by atoms with Gasteiger partial charge in [0.25, 0.3) is 5.91 Å². The molecule has 0 spiro atoms. The Balaban J connectivity index is 2.27. The molecule has 1 aromatic rings. The summed E-state index contributed by atoms with van der Waals surface area (Å²) in [6.45, 7) is 5.97. The fourth-order valence-electron chi connectivity index (χ4n) is 2.20. The van der Waals surface area contributed by atoms with Crippen LogP contribution in [0.4, 0.5) is 0 Å². The molecule has 0 saturated heterocycles. The van der Waals surface area contributed by atoms with Crippen LogP contribution >= 0.6 is 0 Å². The summed E-state index contributed by atoms with van der Waals surface area (Å²) in [6.07, 6.45) is 2.13. The van der Waals surface area contributed by atoms with Gasteiger partial charge in [0, 0.05) is 11.6 Å². The zero-order valence-corrected chi connectivity index (χ0v) is 12.9. The van der Waals surface area contributed by atoms with Gasteiger partial charge in [-0.2, -0.15) is 5.10 Å². The second kappa shape index (κ2) is 5.43. The Labute approximate surface area is 128 Å². The molecule has 0 unspecified atom stereocenters. The number of nitrogens with zero attached hydrogens (tertiary/aromatic N) is 2. The lowest BCUT2D eigenvalue weighted by molar-refractivity contribution is -0.128. The van der Waals surface area contributed by atoms with Gasteiger partial charge in [0.15, 0.2) is 11.7 Å². The van der Waals surface area contributed by atoms with E-state index in [-0.39, 0.29) is 11.2 Å². The Kier molecular flexibility index (Phi) is 3.95. The largest absolute Gasteiger partial charge is 0.367 e. The van der Waals surface area contributed by atoms with Crippen molar-refractivity contribution in [3.8, 4) is 0 Å². The first-order chi connectivity index (χ1) is 10.1. The zero-order chi connectivity index (χ0) is 16.7. The first-order valence-corrected chi connectivity index (χ1v) is 7.11. The molecule has 0 atom stereocenters. The van der Waals surface area contributed by atoms with Crippen molar-refractivity contribution in [2.75, 3.05) is 0 Å². The first-order valence-electron chi connectivity index (χ1n) is 7.11. The van der Waals surface area contributed by atoms with E-state index in [1.165, 1.54) is 0 Å². The van der Waals surface area contributed by atoms with Crippen molar-refractivity contribution in [3.05, 3.63) is 17.5 Å². The van der Waals surface area contributed by atoms with E-state index in [2.05, 4.69) is 10.4 Å². The maximum Gasteiger partial charge on any atom is 0.272 e. The molecule has 1 aliphatic carbocycles. The van der Waals surface area contributed by atoms with Gasteiger partial charge >= 0.3 is 0 Å². The molecular weight excluding hydrogens is 286 g/mol. The Morgan fingerprint density at radius 1 is 1.27 bits per heavy atom.